The van der Waals surface area contributed by atoms with Crippen LogP contribution in [0.4, 0.5) is 0 Å². The Labute approximate surface area is 211 Å². The summed E-state index contributed by atoms with van der Waals surface area (Å²) in [7, 11) is 0. The largest absolute Gasteiger partial charge is 0.256 e. The predicted molar refractivity (Wildman–Crippen MR) is 143 cm³/mol. The highest BCUT2D eigenvalue weighted by Crippen LogP contribution is 2.49. The minimum atomic E-state index is -2.28. The van der Waals surface area contributed by atoms with Gasteiger partial charge in [-0.3, -0.25) is 4.98 Å². The first kappa shape index (κ1) is 15.8. The minimum Gasteiger partial charge on any atom is -0.256 e. The molecule has 3 aromatic heterocycles. The molecule has 2 aliphatic rings. The number of nitrogens with zero attached hydrogens (tertiary/aromatic N) is 2. The highest BCUT2D eigenvalue weighted by molar-refractivity contribution is 7.26. The molecule has 0 spiro atoms. The van der Waals surface area contributed by atoms with Crippen LogP contribution in [-0.4, -0.2) is 9.97 Å². The molecular weight excluding hydrogens is 432 g/mol. The zero-order valence-electron chi connectivity index (χ0n) is 23.8. The number of benzene rings is 2. The van der Waals surface area contributed by atoms with Gasteiger partial charge in [0.05, 0.1) is 11.4 Å². The van der Waals surface area contributed by atoms with Crippen LogP contribution in [0.15, 0.2) is 72.9 Å². The Hall–Kier alpha value is -3.04. The maximum Gasteiger partial charge on any atom is 0.125 e. The summed E-state index contributed by atoms with van der Waals surface area (Å²) in [6.45, 7) is -2.28. The van der Waals surface area contributed by atoms with Crippen molar-refractivity contribution in [3.8, 4) is 22.5 Å². The molecule has 2 fully saturated rings. The fraction of sp³-hybridized carbons (Fsp3) is 0.290. The molecule has 3 unspecified atom stereocenters. The van der Waals surface area contributed by atoms with Crippen LogP contribution in [0.25, 0.3) is 42.8 Å². The fourth-order valence-corrected chi connectivity index (χ4v) is 7.26. The molecular formula is C31H28N2S. The van der Waals surface area contributed by atoms with E-state index in [2.05, 4.69) is 4.98 Å². The molecule has 0 N–H and O–H groups in total. The summed E-state index contributed by atoms with van der Waals surface area (Å²) < 4.78 is 43.7. The van der Waals surface area contributed by atoms with Gasteiger partial charge in [-0.25, -0.2) is 4.98 Å². The number of rotatable bonds is 4. The van der Waals surface area contributed by atoms with Crippen LogP contribution in [-0.2, 0) is 6.37 Å². The summed E-state index contributed by atoms with van der Waals surface area (Å²) in [6.07, 6.45) is 4.74. The van der Waals surface area contributed by atoms with E-state index in [9.17, 15) is 0 Å². The average molecular weight is 466 g/mol. The van der Waals surface area contributed by atoms with E-state index in [1.54, 1.807) is 12.3 Å². The molecule has 168 valence electrons. The monoisotopic (exact) mass is 465 g/mol. The Morgan fingerprint density at radius 1 is 1.00 bits per heavy atom. The lowest BCUT2D eigenvalue weighted by molar-refractivity contribution is 0.331. The normalized spacial score (nSPS) is 24.6. The number of aryl methyl sites for hydroxylation is 1. The maximum atomic E-state index is 9.11. The Balaban J connectivity index is 1.39. The highest BCUT2D eigenvalue weighted by atomic mass is 32.1. The van der Waals surface area contributed by atoms with Crippen LogP contribution in [0.5, 0.6) is 0 Å². The lowest BCUT2D eigenvalue weighted by atomic mass is 9.84. The lowest BCUT2D eigenvalue weighted by Crippen LogP contribution is -2.13. The van der Waals surface area contributed by atoms with Crippen LogP contribution >= 0.6 is 11.3 Å². The van der Waals surface area contributed by atoms with Gasteiger partial charge < -0.3 is 0 Å². The molecule has 34 heavy (non-hydrogen) atoms. The van der Waals surface area contributed by atoms with Gasteiger partial charge in [-0.2, -0.15) is 0 Å². The molecule has 2 aliphatic carbocycles. The van der Waals surface area contributed by atoms with Crippen molar-refractivity contribution in [1.29, 1.82) is 0 Å². The molecule has 0 amide bonds. The number of hydrogen-bond acceptors (Lipinski definition) is 3. The molecule has 3 heterocycles. The summed E-state index contributed by atoms with van der Waals surface area (Å²) in [5.74, 6) is 1.16. The molecule has 0 aliphatic heterocycles. The van der Waals surface area contributed by atoms with Crippen LogP contribution < -0.4 is 0 Å². The van der Waals surface area contributed by atoms with Crippen molar-refractivity contribution in [2.75, 3.05) is 0 Å². The summed E-state index contributed by atoms with van der Waals surface area (Å²) >= 11 is 1.48. The second kappa shape index (κ2) is 8.02. The van der Waals surface area contributed by atoms with Crippen molar-refractivity contribution in [2.24, 2.45) is 17.8 Å². The van der Waals surface area contributed by atoms with Gasteiger partial charge in [0.15, 0.2) is 0 Å². The van der Waals surface area contributed by atoms with Crippen LogP contribution in [0.2, 0.25) is 0 Å². The van der Waals surface area contributed by atoms with Crippen molar-refractivity contribution < 1.29 is 6.85 Å². The van der Waals surface area contributed by atoms with Crippen molar-refractivity contribution in [1.82, 2.24) is 9.97 Å². The minimum absolute atomic E-state index is 0.0365. The number of pyridine rings is 2. The Morgan fingerprint density at radius 3 is 2.76 bits per heavy atom. The first-order valence-corrected chi connectivity index (χ1v) is 12.9. The van der Waals surface area contributed by atoms with Crippen molar-refractivity contribution >= 4 is 31.6 Å². The van der Waals surface area contributed by atoms with Gasteiger partial charge in [-0.1, -0.05) is 48.9 Å². The van der Waals surface area contributed by atoms with Crippen LogP contribution in [0.1, 0.15) is 43.7 Å². The van der Waals surface area contributed by atoms with Gasteiger partial charge in [-0.05, 0) is 85.6 Å². The van der Waals surface area contributed by atoms with Gasteiger partial charge in [0.1, 0.15) is 4.83 Å². The highest BCUT2D eigenvalue weighted by Gasteiger charge is 2.39. The molecule has 2 saturated carbocycles. The summed E-state index contributed by atoms with van der Waals surface area (Å²) in [6, 6.07) is 21.1. The Bertz CT molecular complexity index is 1710. The van der Waals surface area contributed by atoms with E-state index in [4.69, 9.17) is 11.8 Å². The number of fused-ring (bicyclic) bond motifs is 5. The fourth-order valence-electron chi connectivity index (χ4n) is 6.04. The zero-order valence-corrected chi connectivity index (χ0v) is 19.6. The molecule has 2 aromatic carbocycles. The van der Waals surface area contributed by atoms with E-state index < -0.39 is 13.2 Å². The predicted octanol–water partition coefficient (Wildman–Crippen LogP) is 8.47. The van der Waals surface area contributed by atoms with Gasteiger partial charge in [0.2, 0.25) is 0 Å². The Morgan fingerprint density at radius 2 is 1.94 bits per heavy atom. The number of aromatic nitrogens is 2. The second-order valence-electron chi connectivity index (χ2n) is 9.74. The third-order valence-corrected chi connectivity index (χ3v) is 8.81. The number of thiophene rings is 1. The number of hydrogen-bond donors (Lipinski definition) is 0. The second-order valence-corrected chi connectivity index (χ2v) is 10.7. The zero-order chi connectivity index (χ0) is 26.9. The first-order chi connectivity index (χ1) is 18.7. The SMILES string of the molecule is [2H]C([2H])([2H])c1ccc(-c2cc(C([2H])([2H])C3CC4CCC3C4)ccn2)c2sc3nc(-c4ccccc4)ccc3c12. The summed E-state index contributed by atoms with van der Waals surface area (Å²) in [4.78, 5) is 10.4. The topological polar surface area (TPSA) is 25.8 Å². The summed E-state index contributed by atoms with van der Waals surface area (Å²) in [5.41, 5.74) is 4.28. The first-order valence-electron chi connectivity index (χ1n) is 14.6. The van der Waals surface area contributed by atoms with Gasteiger partial charge in [0, 0.05) is 39.6 Å². The maximum absolute atomic E-state index is 9.11. The van der Waals surface area contributed by atoms with E-state index in [1.807, 2.05) is 60.7 Å². The lowest BCUT2D eigenvalue weighted by Gasteiger charge is -2.21. The molecule has 7 rings (SSSR count). The average Bonchev–Trinajstić information content (AvgIpc) is 3.67. The van der Waals surface area contributed by atoms with E-state index in [0.29, 0.717) is 34.0 Å². The summed E-state index contributed by atoms with van der Waals surface area (Å²) in [5, 5.41) is 1.50. The third-order valence-electron chi connectivity index (χ3n) is 7.68. The molecule has 0 saturated heterocycles. The molecule has 0 radical (unpaired) electrons. The quantitative estimate of drug-likeness (QED) is 0.266. The Kier molecular flexibility index (Phi) is 3.72. The van der Waals surface area contributed by atoms with E-state index in [1.165, 1.54) is 17.8 Å². The van der Waals surface area contributed by atoms with Gasteiger partial charge in [0.25, 0.3) is 0 Å². The molecule has 2 bridgehead atoms. The molecule has 2 nitrogen and oxygen atoms in total. The van der Waals surface area contributed by atoms with E-state index in [0.717, 1.165) is 51.0 Å². The standard InChI is InChI=1S/C31H28N2S/c1-19-7-10-25(28-18-21(13-14-32-28)17-24-16-20-8-9-23(24)15-20)30-29(19)26-11-12-27(33-31(26)34-30)22-5-3-2-4-6-22/h2-7,10-14,18,20,23-24H,8-9,15-17H2,1H3/i1D3,17D2. The van der Waals surface area contributed by atoms with Crippen molar-refractivity contribution in [3.05, 3.63) is 84.1 Å². The molecule has 3 atom stereocenters. The van der Waals surface area contributed by atoms with E-state index in [-0.39, 0.29) is 5.92 Å². The third kappa shape index (κ3) is 3.37. The van der Waals surface area contributed by atoms with Gasteiger partial charge >= 0.3 is 0 Å². The van der Waals surface area contributed by atoms with Crippen LogP contribution in [0.3, 0.4) is 0 Å². The van der Waals surface area contributed by atoms with Crippen molar-refractivity contribution in [2.45, 2.75) is 38.9 Å². The van der Waals surface area contributed by atoms with E-state index >= 15 is 0 Å². The molecule has 5 aromatic rings. The van der Waals surface area contributed by atoms with Crippen molar-refractivity contribution in [3.63, 3.8) is 0 Å². The smallest absolute Gasteiger partial charge is 0.125 e. The molecule has 3 heteroatoms. The van der Waals surface area contributed by atoms with Crippen LogP contribution in [0, 0.1) is 24.6 Å². The van der Waals surface area contributed by atoms with Gasteiger partial charge in [-0.15, -0.1) is 11.3 Å².